The van der Waals surface area contributed by atoms with Crippen LogP contribution in [0, 0.1) is 5.41 Å². The Morgan fingerprint density at radius 1 is 1.44 bits per heavy atom. The van der Waals surface area contributed by atoms with E-state index in [1.165, 1.54) is 5.57 Å². The maximum absolute atomic E-state index is 11.5. The van der Waals surface area contributed by atoms with Crippen molar-refractivity contribution in [1.82, 2.24) is 0 Å². The van der Waals surface area contributed by atoms with E-state index in [4.69, 9.17) is 4.74 Å². The van der Waals surface area contributed by atoms with Gasteiger partial charge in [0, 0.05) is 5.57 Å². The molecule has 1 heterocycles. The van der Waals surface area contributed by atoms with E-state index < -0.39 is 0 Å². The number of esters is 1. The molecule has 88 valence electrons. The van der Waals surface area contributed by atoms with Crippen LogP contribution in [0.1, 0.15) is 34.6 Å². The van der Waals surface area contributed by atoms with Gasteiger partial charge in [0.15, 0.2) is 0 Å². The van der Waals surface area contributed by atoms with E-state index in [1.54, 1.807) is 6.08 Å². The molecule has 16 heavy (non-hydrogen) atoms. The summed E-state index contributed by atoms with van der Waals surface area (Å²) >= 11 is 0. The lowest BCUT2D eigenvalue weighted by Crippen LogP contribution is -2.09. The van der Waals surface area contributed by atoms with Gasteiger partial charge in [-0.15, -0.1) is 0 Å². The second kappa shape index (κ2) is 4.28. The van der Waals surface area contributed by atoms with Crippen LogP contribution < -0.4 is 0 Å². The second-order valence-corrected chi connectivity index (χ2v) is 5.20. The molecular weight excluding hydrogens is 200 g/mol. The van der Waals surface area contributed by atoms with Crippen molar-refractivity contribution in [3.63, 3.8) is 0 Å². The first-order chi connectivity index (χ1) is 7.27. The fourth-order valence-corrected chi connectivity index (χ4v) is 1.47. The molecule has 0 saturated carbocycles. The van der Waals surface area contributed by atoms with Crippen LogP contribution in [-0.2, 0) is 9.53 Å². The summed E-state index contributed by atoms with van der Waals surface area (Å²) in [6.07, 6.45) is 3.46. The molecule has 0 fully saturated rings. The SMILES string of the molecule is C=CC1=C(/C=C(\C)C(C)(C)C)C(C)OC1=O. The Labute approximate surface area is 97.7 Å². The number of allylic oxidation sites excluding steroid dienone is 1. The van der Waals surface area contributed by atoms with Crippen LogP contribution in [0.15, 0.2) is 35.5 Å². The zero-order valence-corrected chi connectivity index (χ0v) is 10.8. The normalized spacial score (nSPS) is 22.4. The maximum Gasteiger partial charge on any atom is 0.339 e. The molecule has 0 bridgehead atoms. The largest absolute Gasteiger partial charge is 0.454 e. The number of hydrogen-bond acceptors (Lipinski definition) is 2. The lowest BCUT2D eigenvalue weighted by molar-refractivity contribution is -0.138. The summed E-state index contributed by atoms with van der Waals surface area (Å²) in [4.78, 5) is 11.5. The quantitative estimate of drug-likeness (QED) is 0.667. The number of rotatable bonds is 2. The van der Waals surface area contributed by atoms with Crippen molar-refractivity contribution in [2.75, 3.05) is 0 Å². The predicted octanol–water partition coefficient (Wildman–Crippen LogP) is 3.41. The van der Waals surface area contributed by atoms with Crippen molar-refractivity contribution in [2.24, 2.45) is 5.41 Å². The first kappa shape index (κ1) is 12.8. The molecule has 0 spiro atoms. The van der Waals surface area contributed by atoms with Crippen molar-refractivity contribution in [3.05, 3.63) is 35.5 Å². The molecule has 0 aromatic carbocycles. The zero-order chi connectivity index (χ0) is 12.5. The van der Waals surface area contributed by atoms with Crippen molar-refractivity contribution in [3.8, 4) is 0 Å². The number of ether oxygens (including phenoxy) is 1. The standard InChI is InChI=1S/C14H20O2/c1-7-11-12(10(3)16-13(11)15)8-9(2)14(4,5)6/h7-8,10H,1H2,2-6H3/b9-8+. The van der Waals surface area contributed by atoms with Gasteiger partial charge in [-0.1, -0.05) is 45.1 Å². The summed E-state index contributed by atoms with van der Waals surface area (Å²) in [6.45, 7) is 14.1. The third-order valence-electron chi connectivity index (χ3n) is 3.01. The number of cyclic esters (lactones) is 1. The van der Waals surface area contributed by atoms with Crippen molar-refractivity contribution >= 4 is 5.97 Å². The summed E-state index contributed by atoms with van der Waals surface area (Å²) in [6, 6.07) is 0. The minimum absolute atomic E-state index is 0.102. The summed E-state index contributed by atoms with van der Waals surface area (Å²) in [5.74, 6) is -0.268. The van der Waals surface area contributed by atoms with Crippen molar-refractivity contribution in [1.29, 1.82) is 0 Å². The van der Waals surface area contributed by atoms with Crippen LogP contribution in [0.5, 0.6) is 0 Å². The first-order valence-electron chi connectivity index (χ1n) is 5.53. The third-order valence-corrected chi connectivity index (χ3v) is 3.01. The van der Waals surface area contributed by atoms with Gasteiger partial charge in [-0.05, 0) is 19.3 Å². The Kier molecular flexibility index (Phi) is 3.41. The molecule has 0 aromatic heterocycles. The van der Waals surface area contributed by atoms with E-state index in [-0.39, 0.29) is 17.5 Å². The van der Waals surface area contributed by atoms with Crippen LogP contribution in [-0.4, -0.2) is 12.1 Å². The van der Waals surface area contributed by atoms with E-state index in [0.29, 0.717) is 5.57 Å². The Hall–Kier alpha value is -1.31. The number of carbonyl (C=O) groups excluding carboxylic acids is 1. The molecule has 1 unspecified atom stereocenters. The predicted molar refractivity (Wildman–Crippen MR) is 66.0 cm³/mol. The smallest absolute Gasteiger partial charge is 0.339 e. The van der Waals surface area contributed by atoms with Gasteiger partial charge in [0.25, 0.3) is 0 Å². The minimum Gasteiger partial charge on any atom is -0.454 e. The Bertz CT molecular complexity index is 378. The van der Waals surface area contributed by atoms with Gasteiger partial charge in [0.2, 0.25) is 0 Å². The zero-order valence-electron chi connectivity index (χ0n) is 10.8. The van der Waals surface area contributed by atoms with E-state index in [0.717, 1.165) is 5.57 Å². The Morgan fingerprint density at radius 2 is 2.00 bits per heavy atom. The van der Waals surface area contributed by atoms with E-state index in [1.807, 2.05) is 13.0 Å². The highest BCUT2D eigenvalue weighted by atomic mass is 16.5. The minimum atomic E-state index is -0.268. The topological polar surface area (TPSA) is 26.3 Å². The van der Waals surface area contributed by atoms with Crippen molar-refractivity contribution in [2.45, 2.75) is 40.7 Å². The van der Waals surface area contributed by atoms with Crippen molar-refractivity contribution < 1.29 is 9.53 Å². The molecule has 0 aromatic rings. The van der Waals surface area contributed by atoms with Gasteiger partial charge in [0.05, 0.1) is 5.57 Å². The third kappa shape index (κ3) is 2.43. The lowest BCUT2D eigenvalue weighted by atomic mass is 9.85. The number of hydrogen-bond donors (Lipinski definition) is 0. The Morgan fingerprint density at radius 3 is 2.44 bits per heavy atom. The van der Waals surface area contributed by atoms with Gasteiger partial charge in [0.1, 0.15) is 6.10 Å². The van der Waals surface area contributed by atoms with Crippen LogP contribution in [0.3, 0.4) is 0 Å². The average Bonchev–Trinajstić information content (AvgIpc) is 2.40. The first-order valence-corrected chi connectivity index (χ1v) is 5.53. The highest BCUT2D eigenvalue weighted by Gasteiger charge is 2.28. The fraction of sp³-hybridized carbons (Fsp3) is 0.500. The van der Waals surface area contributed by atoms with E-state index in [2.05, 4.69) is 34.3 Å². The summed E-state index contributed by atoms with van der Waals surface area (Å²) < 4.78 is 5.16. The molecule has 1 aliphatic heterocycles. The molecule has 0 saturated heterocycles. The highest BCUT2D eigenvalue weighted by molar-refractivity contribution is 5.95. The summed E-state index contributed by atoms with van der Waals surface area (Å²) in [7, 11) is 0. The van der Waals surface area contributed by atoms with Gasteiger partial charge in [-0.25, -0.2) is 4.79 Å². The Balaban J connectivity index is 3.17. The molecular formula is C14H20O2. The molecule has 0 radical (unpaired) electrons. The molecule has 0 aliphatic carbocycles. The van der Waals surface area contributed by atoms with Gasteiger partial charge in [-0.2, -0.15) is 0 Å². The monoisotopic (exact) mass is 220 g/mol. The van der Waals surface area contributed by atoms with Gasteiger partial charge < -0.3 is 4.74 Å². The van der Waals surface area contributed by atoms with Crippen LogP contribution in [0.4, 0.5) is 0 Å². The molecule has 1 atom stereocenters. The highest BCUT2D eigenvalue weighted by Crippen LogP contribution is 2.30. The number of carbonyl (C=O) groups is 1. The van der Waals surface area contributed by atoms with Crippen LogP contribution >= 0.6 is 0 Å². The van der Waals surface area contributed by atoms with Gasteiger partial charge >= 0.3 is 5.97 Å². The van der Waals surface area contributed by atoms with Gasteiger partial charge in [-0.3, -0.25) is 0 Å². The summed E-state index contributed by atoms with van der Waals surface area (Å²) in [5, 5.41) is 0. The molecule has 2 nitrogen and oxygen atoms in total. The van der Waals surface area contributed by atoms with Crippen LogP contribution in [0.2, 0.25) is 0 Å². The van der Waals surface area contributed by atoms with E-state index in [9.17, 15) is 4.79 Å². The van der Waals surface area contributed by atoms with E-state index >= 15 is 0 Å². The second-order valence-electron chi connectivity index (χ2n) is 5.20. The molecule has 1 rings (SSSR count). The molecule has 1 aliphatic rings. The molecule has 0 N–H and O–H groups in total. The fourth-order valence-electron chi connectivity index (χ4n) is 1.47. The lowest BCUT2D eigenvalue weighted by Gasteiger charge is -2.20. The molecule has 0 amide bonds. The van der Waals surface area contributed by atoms with Crippen LogP contribution in [0.25, 0.3) is 0 Å². The average molecular weight is 220 g/mol. The summed E-state index contributed by atoms with van der Waals surface area (Å²) in [5.41, 5.74) is 2.86. The maximum atomic E-state index is 11.5. The molecule has 2 heteroatoms.